The number of nitro benzene ring substituents is 1. The number of hydrogen-bond acceptors (Lipinski definition) is 4. The molecular weight excluding hydrogens is 280 g/mol. The van der Waals surface area contributed by atoms with E-state index in [1.54, 1.807) is 4.90 Å². The molecule has 0 aromatic heterocycles. The van der Waals surface area contributed by atoms with Crippen LogP contribution in [-0.2, 0) is 0 Å². The van der Waals surface area contributed by atoms with Gasteiger partial charge < -0.3 is 10.2 Å². The van der Waals surface area contributed by atoms with Crippen molar-refractivity contribution in [3.63, 3.8) is 0 Å². The summed E-state index contributed by atoms with van der Waals surface area (Å²) in [6.07, 6.45) is 2.68. The molecule has 1 N–H and O–H groups in total. The fraction of sp³-hybridized carbons (Fsp3) is 0.571. The Morgan fingerprint density at radius 2 is 2.05 bits per heavy atom. The summed E-state index contributed by atoms with van der Waals surface area (Å²) in [7, 11) is 1.89. The van der Waals surface area contributed by atoms with Crippen LogP contribution in [0.4, 0.5) is 20.2 Å². The molecule has 2 rings (SSSR count). The van der Waals surface area contributed by atoms with Gasteiger partial charge in [-0.1, -0.05) is 0 Å². The molecule has 1 aromatic carbocycles. The van der Waals surface area contributed by atoms with Crippen molar-refractivity contribution in [2.24, 2.45) is 5.92 Å². The molecule has 0 saturated carbocycles. The zero-order valence-corrected chi connectivity index (χ0v) is 11.9. The molecule has 0 amide bonds. The van der Waals surface area contributed by atoms with Gasteiger partial charge in [-0.25, -0.2) is 8.78 Å². The monoisotopic (exact) mass is 299 g/mol. The van der Waals surface area contributed by atoms with Gasteiger partial charge in [0.05, 0.1) is 4.92 Å². The van der Waals surface area contributed by atoms with Crippen molar-refractivity contribution < 1.29 is 13.7 Å². The van der Waals surface area contributed by atoms with Crippen LogP contribution < -0.4 is 10.2 Å². The SMILES string of the molecule is CNCCC1CCN(c2c([N+](=O)[O-])ccc(F)c2F)CC1. The van der Waals surface area contributed by atoms with Crippen LogP contribution in [0.15, 0.2) is 12.1 Å². The van der Waals surface area contributed by atoms with Crippen LogP contribution in [-0.4, -0.2) is 31.6 Å². The zero-order chi connectivity index (χ0) is 15.4. The Hall–Kier alpha value is -1.76. The van der Waals surface area contributed by atoms with E-state index in [1.165, 1.54) is 0 Å². The number of nitrogens with zero attached hydrogens (tertiary/aromatic N) is 2. The zero-order valence-electron chi connectivity index (χ0n) is 11.9. The summed E-state index contributed by atoms with van der Waals surface area (Å²) >= 11 is 0. The maximum Gasteiger partial charge on any atom is 0.295 e. The molecule has 1 aromatic rings. The second kappa shape index (κ2) is 6.80. The number of nitrogens with one attached hydrogen (secondary N) is 1. The number of piperidine rings is 1. The Morgan fingerprint density at radius 1 is 1.38 bits per heavy atom. The normalized spacial score (nSPS) is 16.2. The summed E-state index contributed by atoms with van der Waals surface area (Å²) < 4.78 is 27.4. The fourth-order valence-corrected chi connectivity index (χ4v) is 2.77. The number of nitro groups is 1. The molecule has 5 nitrogen and oxygen atoms in total. The number of anilines is 1. The minimum Gasteiger partial charge on any atom is -0.363 e. The highest BCUT2D eigenvalue weighted by Crippen LogP contribution is 2.35. The van der Waals surface area contributed by atoms with Gasteiger partial charge in [0.25, 0.3) is 5.69 Å². The summed E-state index contributed by atoms with van der Waals surface area (Å²) in [6.45, 7) is 1.93. The van der Waals surface area contributed by atoms with Crippen molar-refractivity contribution in [1.29, 1.82) is 0 Å². The average molecular weight is 299 g/mol. The van der Waals surface area contributed by atoms with Crippen molar-refractivity contribution in [2.75, 3.05) is 31.6 Å². The quantitative estimate of drug-likeness (QED) is 0.671. The van der Waals surface area contributed by atoms with Gasteiger partial charge in [0.1, 0.15) is 0 Å². The maximum atomic E-state index is 14.0. The first-order valence-electron chi connectivity index (χ1n) is 7.06. The highest BCUT2D eigenvalue weighted by molar-refractivity contribution is 5.64. The van der Waals surface area contributed by atoms with Crippen LogP contribution in [0.2, 0.25) is 0 Å². The van der Waals surface area contributed by atoms with Crippen LogP contribution in [0.5, 0.6) is 0 Å². The Morgan fingerprint density at radius 3 is 2.62 bits per heavy atom. The number of halogens is 2. The van der Waals surface area contributed by atoms with Crippen molar-refractivity contribution >= 4 is 11.4 Å². The molecule has 1 fully saturated rings. The summed E-state index contributed by atoms with van der Waals surface area (Å²) in [6, 6.07) is 1.83. The van der Waals surface area contributed by atoms with Crippen LogP contribution in [0.25, 0.3) is 0 Å². The van der Waals surface area contributed by atoms with Crippen molar-refractivity contribution in [2.45, 2.75) is 19.3 Å². The smallest absolute Gasteiger partial charge is 0.295 e. The van der Waals surface area contributed by atoms with Gasteiger partial charge in [-0.3, -0.25) is 10.1 Å². The van der Waals surface area contributed by atoms with Crippen LogP contribution in [0, 0.1) is 27.7 Å². The lowest BCUT2D eigenvalue weighted by molar-refractivity contribution is -0.384. The molecule has 21 heavy (non-hydrogen) atoms. The maximum absolute atomic E-state index is 14.0. The number of hydrogen-bond donors (Lipinski definition) is 1. The standard InChI is InChI=1S/C14H19F2N3O2/c1-17-7-4-10-5-8-18(9-6-10)14-12(19(20)21)3-2-11(15)13(14)16/h2-3,10,17H,4-9H2,1H3. The van der Waals surface area contributed by atoms with E-state index in [4.69, 9.17) is 0 Å². The Kier molecular flexibility index (Phi) is 5.06. The second-order valence-corrected chi connectivity index (χ2v) is 5.31. The van der Waals surface area contributed by atoms with E-state index in [0.717, 1.165) is 37.9 Å². The molecule has 0 atom stereocenters. The van der Waals surface area contributed by atoms with Gasteiger partial charge >= 0.3 is 0 Å². The van der Waals surface area contributed by atoms with E-state index in [0.29, 0.717) is 19.0 Å². The predicted octanol–water partition coefficient (Wildman–Crippen LogP) is 2.70. The predicted molar refractivity (Wildman–Crippen MR) is 76.5 cm³/mol. The third-order valence-corrected chi connectivity index (χ3v) is 3.98. The van der Waals surface area contributed by atoms with E-state index < -0.39 is 16.6 Å². The molecule has 1 aliphatic rings. The molecule has 116 valence electrons. The van der Waals surface area contributed by atoms with Gasteiger partial charge in [-0.15, -0.1) is 0 Å². The minimum absolute atomic E-state index is 0.216. The molecule has 0 aliphatic carbocycles. The van der Waals surface area contributed by atoms with Crippen molar-refractivity contribution in [1.82, 2.24) is 5.32 Å². The lowest BCUT2D eigenvalue weighted by atomic mass is 9.93. The summed E-state index contributed by atoms with van der Waals surface area (Å²) in [5.74, 6) is -1.66. The lowest BCUT2D eigenvalue weighted by Crippen LogP contribution is -2.35. The number of benzene rings is 1. The molecule has 1 heterocycles. The third-order valence-electron chi connectivity index (χ3n) is 3.98. The van der Waals surface area contributed by atoms with E-state index in [2.05, 4.69) is 5.32 Å². The van der Waals surface area contributed by atoms with Gasteiger partial charge in [0, 0.05) is 19.2 Å². The topological polar surface area (TPSA) is 58.4 Å². The number of rotatable bonds is 5. The van der Waals surface area contributed by atoms with Gasteiger partial charge in [-0.05, 0) is 44.8 Å². The highest BCUT2D eigenvalue weighted by atomic mass is 19.2. The molecule has 0 radical (unpaired) electrons. The Balaban J connectivity index is 2.16. The Labute approximate surface area is 122 Å². The molecule has 0 bridgehead atoms. The molecule has 0 spiro atoms. The largest absolute Gasteiger partial charge is 0.363 e. The summed E-state index contributed by atoms with van der Waals surface area (Å²) in [5.41, 5.74) is -0.588. The second-order valence-electron chi connectivity index (χ2n) is 5.31. The minimum atomic E-state index is -1.13. The molecular formula is C14H19F2N3O2. The lowest BCUT2D eigenvalue weighted by Gasteiger charge is -2.33. The first kappa shape index (κ1) is 15.6. The molecule has 1 aliphatic heterocycles. The van der Waals surface area contributed by atoms with E-state index >= 15 is 0 Å². The molecule has 7 heteroatoms. The first-order chi connectivity index (χ1) is 10.0. The highest BCUT2D eigenvalue weighted by Gasteiger charge is 2.29. The summed E-state index contributed by atoms with van der Waals surface area (Å²) in [5, 5.41) is 14.1. The van der Waals surface area contributed by atoms with Crippen molar-refractivity contribution in [3.8, 4) is 0 Å². The van der Waals surface area contributed by atoms with E-state index in [1.807, 2.05) is 7.05 Å². The Bertz CT molecular complexity index is 517. The summed E-state index contributed by atoms with van der Waals surface area (Å²) in [4.78, 5) is 11.9. The molecule has 0 unspecified atom stereocenters. The van der Waals surface area contributed by atoms with Gasteiger partial charge in [0.2, 0.25) is 0 Å². The first-order valence-corrected chi connectivity index (χ1v) is 7.06. The fourth-order valence-electron chi connectivity index (χ4n) is 2.77. The van der Waals surface area contributed by atoms with Gasteiger partial charge in [-0.2, -0.15) is 0 Å². The average Bonchev–Trinajstić information content (AvgIpc) is 2.48. The van der Waals surface area contributed by atoms with Crippen molar-refractivity contribution in [3.05, 3.63) is 33.9 Å². The van der Waals surface area contributed by atoms with Crippen LogP contribution >= 0.6 is 0 Å². The van der Waals surface area contributed by atoms with E-state index in [9.17, 15) is 18.9 Å². The van der Waals surface area contributed by atoms with Crippen LogP contribution in [0.1, 0.15) is 19.3 Å². The van der Waals surface area contributed by atoms with E-state index in [-0.39, 0.29) is 11.4 Å². The van der Waals surface area contributed by atoms with Gasteiger partial charge in [0.15, 0.2) is 17.3 Å². The molecule has 1 saturated heterocycles. The third kappa shape index (κ3) is 3.47. The van der Waals surface area contributed by atoms with Crippen LogP contribution in [0.3, 0.4) is 0 Å².